The summed E-state index contributed by atoms with van der Waals surface area (Å²) < 4.78 is 24.5. The fourth-order valence-electron chi connectivity index (χ4n) is 7.94. The molecular weight excluding hydrogens is 476 g/mol. The quantitative estimate of drug-likeness (QED) is 0.441. The van der Waals surface area contributed by atoms with Crippen LogP contribution >= 0.6 is 0 Å². The molecule has 4 fully saturated rings. The van der Waals surface area contributed by atoms with Crippen LogP contribution in [-0.4, -0.2) is 53.7 Å². The summed E-state index contributed by atoms with van der Waals surface area (Å²) >= 11 is 0. The van der Waals surface area contributed by atoms with Gasteiger partial charge in [0.05, 0.1) is 17.6 Å². The third-order valence-electron chi connectivity index (χ3n) is 10.2. The molecule has 2 aliphatic carbocycles. The van der Waals surface area contributed by atoms with Gasteiger partial charge in [-0.1, -0.05) is 39.0 Å². The summed E-state index contributed by atoms with van der Waals surface area (Å²) in [7, 11) is 0. The van der Waals surface area contributed by atoms with E-state index in [1.54, 1.807) is 24.3 Å². The normalized spacial score (nSPS) is 42.9. The Morgan fingerprint density at radius 3 is 2.32 bits per heavy atom. The van der Waals surface area contributed by atoms with Crippen molar-refractivity contribution in [2.75, 3.05) is 6.61 Å². The second-order valence-electron chi connectivity index (χ2n) is 12.0. The predicted octanol–water partition coefficient (Wildman–Crippen LogP) is 4.04. The van der Waals surface area contributed by atoms with E-state index in [-0.39, 0.29) is 36.6 Å². The Kier molecular flexibility index (Phi) is 6.05. The van der Waals surface area contributed by atoms with Gasteiger partial charge in [0.25, 0.3) is 0 Å². The average molecular weight is 513 g/mol. The van der Waals surface area contributed by atoms with E-state index in [0.29, 0.717) is 31.2 Å². The van der Waals surface area contributed by atoms with Crippen LogP contribution in [0.15, 0.2) is 30.3 Å². The number of hydrogen-bond donors (Lipinski definition) is 0. The number of ether oxygens (including phenoxy) is 4. The van der Waals surface area contributed by atoms with E-state index in [1.165, 1.54) is 6.92 Å². The Morgan fingerprint density at radius 1 is 1.00 bits per heavy atom. The van der Waals surface area contributed by atoms with E-state index in [4.69, 9.17) is 18.9 Å². The lowest BCUT2D eigenvalue weighted by Gasteiger charge is -2.69. The zero-order valence-electron chi connectivity index (χ0n) is 22.2. The molecule has 5 rings (SSSR count). The first-order valence-corrected chi connectivity index (χ1v) is 13.2. The third-order valence-corrected chi connectivity index (χ3v) is 10.2. The van der Waals surface area contributed by atoms with Gasteiger partial charge in [-0.15, -0.1) is 0 Å². The van der Waals surface area contributed by atoms with Crippen LogP contribution in [0, 0.1) is 22.7 Å². The molecule has 8 nitrogen and oxygen atoms in total. The van der Waals surface area contributed by atoms with Gasteiger partial charge >= 0.3 is 17.9 Å². The van der Waals surface area contributed by atoms with Crippen molar-refractivity contribution < 1.29 is 38.1 Å². The maximum atomic E-state index is 13.3. The second kappa shape index (κ2) is 8.65. The molecule has 0 unspecified atom stereocenters. The highest BCUT2D eigenvalue weighted by molar-refractivity contribution is 5.89. The Bertz CT molecular complexity index is 1130. The molecular formula is C29H36O8. The molecule has 0 amide bonds. The zero-order valence-corrected chi connectivity index (χ0v) is 22.2. The molecule has 0 N–H and O–H groups in total. The van der Waals surface area contributed by atoms with Gasteiger partial charge in [-0.25, -0.2) is 4.79 Å². The molecule has 37 heavy (non-hydrogen) atoms. The van der Waals surface area contributed by atoms with Gasteiger partial charge in [0, 0.05) is 42.9 Å². The first kappa shape index (κ1) is 25.9. The number of carbonyl (C=O) groups excluding carboxylic acids is 4. The Hall–Kier alpha value is -2.74. The van der Waals surface area contributed by atoms with E-state index in [0.717, 1.165) is 0 Å². The van der Waals surface area contributed by atoms with E-state index in [2.05, 4.69) is 6.92 Å². The Morgan fingerprint density at radius 2 is 1.70 bits per heavy atom. The second-order valence-corrected chi connectivity index (χ2v) is 12.0. The molecule has 0 aromatic heterocycles. The smallest absolute Gasteiger partial charge is 0.338 e. The Balaban J connectivity index is 1.61. The first-order chi connectivity index (χ1) is 17.3. The molecule has 2 aliphatic heterocycles. The van der Waals surface area contributed by atoms with Crippen LogP contribution in [0.2, 0.25) is 0 Å². The summed E-state index contributed by atoms with van der Waals surface area (Å²) in [5.41, 5.74) is -2.82. The number of esters is 3. The minimum atomic E-state index is -0.927. The van der Waals surface area contributed by atoms with E-state index in [1.807, 2.05) is 26.8 Å². The largest absolute Gasteiger partial charge is 0.462 e. The van der Waals surface area contributed by atoms with Gasteiger partial charge in [0.2, 0.25) is 0 Å². The highest BCUT2D eigenvalue weighted by Gasteiger charge is 2.74. The summed E-state index contributed by atoms with van der Waals surface area (Å²) in [4.78, 5) is 50.9. The van der Waals surface area contributed by atoms with Gasteiger partial charge in [-0.3, -0.25) is 14.4 Å². The maximum Gasteiger partial charge on any atom is 0.338 e. The van der Waals surface area contributed by atoms with Crippen LogP contribution in [0.5, 0.6) is 0 Å². The fraction of sp³-hybridized carbons (Fsp3) is 0.655. The summed E-state index contributed by atoms with van der Waals surface area (Å²) in [6.45, 7) is 9.46. The molecule has 8 heteroatoms. The molecule has 2 heterocycles. The number of cyclic esters (lactones) is 1. The number of benzene rings is 1. The van der Waals surface area contributed by atoms with Crippen molar-refractivity contribution in [3.05, 3.63) is 35.9 Å². The lowest BCUT2D eigenvalue weighted by molar-refractivity contribution is -0.340. The van der Waals surface area contributed by atoms with Crippen LogP contribution in [0.4, 0.5) is 0 Å². The van der Waals surface area contributed by atoms with Crippen LogP contribution in [0.1, 0.15) is 77.1 Å². The number of hydrogen-bond acceptors (Lipinski definition) is 8. The maximum absolute atomic E-state index is 13.3. The molecule has 2 saturated heterocycles. The minimum Gasteiger partial charge on any atom is -0.462 e. The fourth-order valence-corrected chi connectivity index (χ4v) is 7.94. The third kappa shape index (κ3) is 3.82. The lowest BCUT2D eigenvalue weighted by atomic mass is 9.40. The van der Waals surface area contributed by atoms with Gasteiger partial charge in [0.1, 0.15) is 30.2 Å². The highest BCUT2D eigenvalue weighted by atomic mass is 16.6. The van der Waals surface area contributed by atoms with Crippen LogP contribution in [0.25, 0.3) is 0 Å². The van der Waals surface area contributed by atoms with Crippen molar-refractivity contribution in [1.29, 1.82) is 0 Å². The van der Waals surface area contributed by atoms with Crippen molar-refractivity contribution in [2.45, 2.75) is 90.1 Å². The molecule has 4 aliphatic rings. The van der Waals surface area contributed by atoms with Crippen molar-refractivity contribution in [3.8, 4) is 0 Å². The Labute approximate surface area is 217 Å². The van der Waals surface area contributed by atoms with Crippen LogP contribution in [0.3, 0.4) is 0 Å². The van der Waals surface area contributed by atoms with Crippen LogP contribution < -0.4 is 0 Å². The lowest BCUT2D eigenvalue weighted by Crippen LogP contribution is -2.75. The summed E-state index contributed by atoms with van der Waals surface area (Å²) in [6, 6.07) is 8.80. The highest BCUT2D eigenvalue weighted by Crippen LogP contribution is 2.68. The van der Waals surface area contributed by atoms with E-state index >= 15 is 0 Å². The molecule has 0 radical (unpaired) electrons. The molecule has 2 saturated carbocycles. The monoisotopic (exact) mass is 512 g/mol. The summed E-state index contributed by atoms with van der Waals surface area (Å²) in [5.74, 6) is -1.59. The number of rotatable bonds is 3. The molecule has 200 valence electrons. The average Bonchev–Trinajstić information content (AvgIpc) is 3.19. The molecule has 1 aromatic rings. The summed E-state index contributed by atoms with van der Waals surface area (Å²) in [6.07, 6.45) is 0.457. The van der Waals surface area contributed by atoms with E-state index < -0.39 is 46.2 Å². The number of Topliss-reactive ketones (excluding diaryl/α,β-unsaturated/α-hetero) is 1. The van der Waals surface area contributed by atoms with Gasteiger partial charge < -0.3 is 18.9 Å². The van der Waals surface area contributed by atoms with E-state index in [9.17, 15) is 19.2 Å². The predicted molar refractivity (Wildman–Crippen MR) is 131 cm³/mol. The number of carbonyl (C=O) groups is 4. The molecule has 0 bridgehead atoms. The van der Waals surface area contributed by atoms with Gasteiger partial charge in [0.15, 0.2) is 0 Å². The van der Waals surface area contributed by atoms with Gasteiger partial charge in [-0.2, -0.15) is 0 Å². The molecule has 8 atom stereocenters. The summed E-state index contributed by atoms with van der Waals surface area (Å²) in [5, 5.41) is 0. The first-order valence-electron chi connectivity index (χ1n) is 13.2. The van der Waals surface area contributed by atoms with Crippen molar-refractivity contribution >= 4 is 23.7 Å². The number of fused-ring (bicyclic) bond motifs is 3. The zero-order chi connectivity index (χ0) is 26.8. The number of ketones is 1. The molecule has 1 aromatic carbocycles. The van der Waals surface area contributed by atoms with Crippen molar-refractivity contribution in [3.63, 3.8) is 0 Å². The SMILES string of the molecule is CC(=O)O[C@H]1C[C@@]2(COC(=O)C2)O[C@@]2(C)C[C@H](OC(=O)c3ccccc3)[C@]3(C)[C@H](C)C(=O)CC[C@@H]3[C@@]12C. The van der Waals surface area contributed by atoms with Crippen molar-refractivity contribution in [2.24, 2.45) is 22.7 Å². The van der Waals surface area contributed by atoms with Crippen molar-refractivity contribution in [1.82, 2.24) is 0 Å². The van der Waals surface area contributed by atoms with Crippen LogP contribution in [-0.2, 0) is 33.3 Å². The van der Waals surface area contributed by atoms with Gasteiger partial charge in [-0.05, 0) is 31.4 Å². The topological polar surface area (TPSA) is 105 Å². The minimum absolute atomic E-state index is 0.0712. The standard InChI is InChI=1S/C29H36O8/c1-17-20(31)11-12-21-27(17,4)22(36-25(33)19-9-7-6-8-10-19)13-26(3)28(21,5)23(35-18(2)30)14-29(37-26)15-24(32)34-16-29/h6-10,17,21-23H,11-16H2,1-5H3/t17-,21+,22+,23+,26+,27-,28+,29-/m1/s1. The molecule has 1 spiro atoms.